The molecular formula is C25H26FN7O4. The molecular weight excluding hydrogens is 481 g/mol. The SMILES string of the molecule is COc1cc2c(N3CC(C)N(C(=O)O)[C@@H](C)C3)ccc(C(=O)Nc3cc(F)c4nc(C)cn4c3)c2nn1. The number of anilines is 2. The van der Waals surface area contributed by atoms with Crippen LogP contribution >= 0.6 is 0 Å². The van der Waals surface area contributed by atoms with E-state index in [4.69, 9.17) is 4.74 Å². The van der Waals surface area contributed by atoms with Crippen LogP contribution in [0.4, 0.5) is 20.6 Å². The van der Waals surface area contributed by atoms with Crippen LogP contribution in [0.3, 0.4) is 0 Å². The normalized spacial score (nSPS) is 17.9. The van der Waals surface area contributed by atoms with Gasteiger partial charge in [0.25, 0.3) is 5.91 Å². The number of amides is 2. The van der Waals surface area contributed by atoms with Crippen LogP contribution < -0.4 is 15.0 Å². The molecule has 5 rings (SSSR count). The summed E-state index contributed by atoms with van der Waals surface area (Å²) in [5, 5.41) is 21.3. The number of carboxylic acid groups (broad SMARTS) is 1. The quantitative estimate of drug-likeness (QED) is 0.430. The maximum atomic E-state index is 14.5. The number of benzene rings is 1. The van der Waals surface area contributed by atoms with Gasteiger partial charge in [-0.05, 0) is 32.9 Å². The molecule has 12 heteroatoms. The lowest BCUT2D eigenvalue weighted by Gasteiger charge is -2.44. The Morgan fingerprint density at radius 3 is 2.54 bits per heavy atom. The van der Waals surface area contributed by atoms with E-state index < -0.39 is 17.8 Å². The summed E-state index contributed by atoms with van der Waals surface area (Å²) in [6.07, 6.45) is 2.30. The van der Waals surface area contributed by atoms with Crippen molar-refractivity contribution in [2.75, 3.05) is 30.4 Å². The average Bonchev–Trinajstić information content (AvgIpc) is 3.22. The molecule has 3 aromatic heterocycles. The number of rotatable bonds is 4. The highest BCUT2D eigenvalue weighted by Crippen LogP contribution is 2.33. The van der Waals surface area contributed by atoms with E-state index in [-0.39, 0.29) is 34.9 Å². The third kappa shape index (κ3) is 4.34. The number of carbonyl (C=O) groups is 2. The number of piperazine rings is 1. The van der Waals surface area contributed by atoms with Gasteiger partial charge in [0, 0.05) is 48.7 Å². The van der Waals surface area contributed by atoms with Crippen LogP contribution in [-0.2, 0) is 0 Å². The van der Waals surface area contributed by atoms with Crippen LogP contribution in [0.2, 0.25) is 0 Å². The number of aromatic nitrogens is 4. The minimum absolute atomic E-state index is 0.176. The molecule has 2 atom stereocenters. The lowest BCUT2D eigenvalue weighted by atomic mass is 10.0. The van der Waals surface area contributed by atoms with E-state index in [0.717, 1.165) is 5.69 Å². The lowest BCUT2D eigenvalue weighted by Crippen LogP contribution is -2.58. The first kappa shape index (κ1) is 24.2. The predicted molar refractivity (Wildman–Crippen MR) is 135 cm³/mol. The highest BCUT2D eigenvalue weighted by Gasteiger charge is 2.33. The van der Waals surface area contributed by atoms with Gasteiger partial charge in [-0.25, -0.2) is 14.2 Å². The van der Waals surface area contributed by atoms with E-state index in [2.05, 4.69) is 25.4 Å². The fourth-order valence-corrected chi connectivity index (χ4v) is 5.00. The Bertz CT molecular complexity index is 1530. The van der Waals surface area contributed by atoms with Crippen molar-refractivity contribution in [2.24, 2.45) is 0 Å². The van der Waals surface area contributed by atoms with Crippen LogP contribution in [0, 0.1) is 12.7 Å². The van der Waals surface area contributed by atoms with Crippen LogP contribution in [0.5, 0.6) is 5.88 Å². The van der Waals surface area contributed by atoms with Gasteiger partial charge in [0.05, 0.1) is 36.1 Å². The molecule has 2 N–H and O–H groups in total. The summed E-state index contributed by atoms with van der Waals surface area (Å²) in [7, 11) is 1.48. The van der Waals surface area contributed by atoms with E-state index in [9.17, 15) is 19.1 Å². The Kier molecular flexibility index (Phi) is 6.02. The van der Waals surface area contributed by atoms with Gasteiger partial charge in [0.1, 0.15) is 5.52 Å². The molecule has 0 bridgehead atoms. The van der Waals surface area contributed by atoms with Gasteiger partial charge in [-0.15, -0.1) is 10.2 Å². The molecule has 1 saturated heterocycles. The van der Waals surface area contributed by atoms with E-state index in [0.29, 0.717) is 29.7 Å². The molecule has 37 heavy (non-hydrogen) atoms. The second kappa shape index (κ2) is 9.19. The fourth-order valence-electron chi connectivity index (χ4n) is 5.00. The number of hydrogen-bond acceptors (Lipinski definition) is 7. The van der Waals surface area contributed by atoms with Crippen molar-refractivity contribution < 1.29 is 23.8 Å². The van der Waals surface area contributed by atoms with Crippen LogP contribution in [-0.4, -0.2) is 73.9 Å². The topological polar surface area (TPSA) is 125 Å². The molecule has 1 aliphatic rings. The Labute approximate surface area is 211 Å². The van der Waals surface area contributed by atoms with Crippen molar-refractivity contribution in [3.8, 4) is 5.88 Å². The van der Waals surface area contributed by atoms with Gasteiger partial charge < -0.3 is 24.5 Å². The van der Waals surface area contributed by atoms with Crippen molar-refractivity contribution in [1.29, 1.82) is 0 Å². The first-order chi connectivity index (χ1) is 17.7. The number of hydrogen-bond donors (Lipinski definition) is 2. The van der Waals surface area contributed by atoms with Gasteiger partial charge in [-0.3, -0.25) is 9.69 Å². The predicted octanol–water partition coefficient (Wildman–Crippen LogP) is 3.56. The smallest absolute Gasteiger partial charge is 0.407 e. The molecule has 1 aromatic carbocycles. The van der Waals surface area contributed by atoms with Gasteiger partial charge in [0.15, 0.2) is 11.5 Å². The highest BCUT2D eigenvalue weighted by molar-refractivity contribution is 6.14. The number of halogens is 1. The van der Waals surface area contributed by atoms with E-state index in [1.807, 2.05) is 13.8 Å². The molecule has 4 aromatic rings. The molecule has 4 heterocycles. The summed E-state index contributed by atoms with van der Waals surface area (Å²) in [5.41, 5.74) is 2.47. The Morgan fingerprint density at radius 1 is 1.14 bits per heavy atom. The first-order valence-electron chi connectivity index (χ1n) is 11.7. The zero-order valence-electron chi connectivity index (χ0n) is 20.8. The van der Waals surface area contributed by atoms with Crippen molar-refractivity contribution in [1.82, 2.24) is 24.5 Å². The number of methoxy groups -OCH3 is 1. The molecule has 2 amide bonds. The fraction of sp³-hybridized carbons (Fsp3) is 0.320. The molecule has 192 valence electrons. The number of nitrogens with zero attached hydrogens (tertiary/aromatic N) is 6. The van der Waals surface area contributed by atoms with Gasteiger partial charge in [-0.1, -0.05) is 0 Å². The van der Waals surface area contributed by atoms with Gasteiger partial charge >= 0.3 is 6.09 Å². The minimum Gasteiger partial charge on any atom is -0.480 e. The molecule has 11 nitrogen and oxygen atoms in total. The minimum atomic E-state index is -0.954. The van der Waals surface area contributed by atoms with Crippen molar-refractivity contribution in [2.45, 2.75) is 32.9 Å². The third-order valence-electron chi connectivity index (χ3n) is 6.53. The molecule has 1 unspecified atom stereocenters. The molecule has 0 aliphatic carbocycles. The summed E-state index contributed by atoms with van der Waals surface area (Å²) in [5.74, 6) is -0.761. The van der Waals surface area contributed by atoms with Crippen LogP contribution in [0.25, 0.3) is 16.6 Å². The van der Waals surface area contributed by atoms with E-state index >= 15 is 0 Å². The number of carbonyl (C=O) groups excluding carboxylic acids is 1. The zero-order valence-corrected chi connectivity index (χ0v) is 20.8. The van der Waals surface area contributed by atoms with Crippen LogP contribution in [0.15, 0.2) is 36.7 Å². The Hall–Kier alpha value is -4.48. The molecule has 0 saturated carbocycles. The number of pyridine rings is 1. The summed E-state index contributed by atoms with van der Waals surface area (Å²) in [6, 6.07) is 5.88. The molecule has 1 fully saturated rings. The maximum Gasteiger partial charge on any atom is 0.407 e. The number of fused-ring (bicyclic) bond motifs is 2. The first-order valence-corrected chi connectivity index (χ1v) is 11.7. The van der Waals surface area contributed by atoms with Crippen molar-refractivity contribution in [3.63, 3.8) is 0 Å². The van der Waals surface area contributed by atoms with Crippen molar-refractivity contribution in [3.05, 3.63) is 53.7 Å². The highest BCUT2D eigenvalue weighted by atomic mass is 19.1. The summed E-state index contributed by atoms with van der Waals surface area (Å²) < 4.78 is 21.3. The number of nitrogens with one attached hydrogen (secondary N) is 1. The zero-order chi connectivity index (χ0) is 26.4. The third-order valence-corrected chi connectivity index (χ3v) is 6.53. The lowest BCUT2D eigenvalue weighted by molar-refractivity contribution is 0.0980. The van der Waals surface area contributed by atoms with Gasteiger partial charge in [-0.2, -0.15) is 0 Å². The van der Waals surface area contributed by atoms with Gasteiger partial charge in [0.2, 0.25) is 5.88 Å². The summed E-state index contributed by atoms with van der Waals surface area (Å²) in [4.78, 5) is 32.6. The Morgan fingerprint density at radius 2 is 1.86 bits per heavy atom. The van der Waals surface area contributed by atoms with E-state index in [1.165, 1.54) is 22.5 Å². The molecule has 0 spiro atoms. The average molecular weight is 508 g/mol. The monoisotopic (exact) mass is 507 g/mol. The maximum absolute atomic E-state index is 14.5. The Balaban J connectivity index is 1.52. The molecule has 1 aliphatic heterocycles. The second-order valence-corrected chi connectivity index (χ2v) is 9.22. The van der Waals surface area contributed by atoms with E-state index in [1.54, 1.807) is 37.5 Å². The number of aryl methyl sites for hydroxylation is 1. The molecule has 0 radical (unpaired) electrons. The number of imidazole rings is 1. The largest absolute Gasteiger partial charge is 0.480 e. The second-order valence-electron chi connectivity index (χ2n) is 9.22. The van der Waals surface area contributed by atoms with Crippen LogP contribution in [0.1, 0.15) is 29.9 Å². The summed E-state index contributed by atoms with van der Waals surface area (Å²) >= 11 is 0. The standard InChI is InChI=1S/C25H26FN7O4/c1-13-9-32-12-16(7-19(26)23(32)27-13)28-24(34)17-5-6-20(18-8-21(37-4)29-30-22(17)18)31-10-14(2)33(25(35)36)15(3)11-31/h5-9,12,14-15H,10-11H2,1-4H3,(H,28,34)(H,35,36)/t14-,15?/m0/s1. The number of ether oxygens (including phenoxy) is 1. The summed E-state index contributed by atoms with van der Waals surface area (Å²) in [6.45, 7) is 6.41. The van der Waals surface area contributed by atoms with Crippen molar-refractivity contribution >= 4 is 39.9 Å².